The highest BCUT2D eigenvalue weighted by Gasteiger charge is 2.46. The molecule has 0 aliphatic heterocycles. The molecule has 2 heterocycles. The SMILES string of the molecule is [C-]#[N+]C1(c2ccc(OC)c3oc4ccccc4c23)CCc2nc(C)n(CC(=O)OCC)c(=O)c2C1. The molecule has 0 amide bonds. The van der Waals surface area contributed by atoms with Gasteiger partial charge in [-0.3, -0.25) is 14.2 Å². The molecule has 1 aliphatic carbocycles. The van der Waals surface area contributed by atoms with Crippen LogP contribution < -0.4 is 10.3 Å². The maximum absolute atomic E-state index is 13.5. The van der Waals surface area contributed by atoms with E-state index in [4.69, 9.17) is 20.5 Å². The highest BCUT2D eigenvalue weighted by molar-refractivity contribution is 6.09. The zero-order chi connectivity index (χ0) is 24.7. The Balaban J connectivity index is 1.69. The Morgan fingerprint density at radius 1 is 1.29 bits per heavy atom. The van der Waals surface area contributed by atoms with E-state index in [-0.39, 0.29) is 25.1 Å². The summed E-state index contributed by atoms with van der Waals surface area (Å²) in [5.74, 6) is 0.559. The second kappa shape index (κ2) is 8.58. The van der Waals surface area contributed by atoms with Crippen molar-refractivity contribution < 1.29 is 18.7 Å². The Morgan fingerprint density at radius 2 is 2.09 bits per heavy atom. The van der Waals surface area contributed by atoms with Gasteiger partial charge in [0.2, 0.25) is 0 Å². The highest BCUT2D eigenvalue weighted by Crippen LogP contribution is 2.46. The summed E-state index contributed by atoms with van der Waals surface area (Å²) in [6.45, 7) is 11.7. The van der Waals surface area contributed by atoms with Crippen LogP contribution in [0.15, 0.2) is 45.6 Å². The van der Waals surface area contributed by atoms with Gasteiger partial charge in [-0.2, -0.15) is 0 Å². The van der Waals surface area contributed by atoms with E-state index < -0.39 is 11.5 Å². The Bertz CT molecular complexity index is 1580. The van der Waals surface area contributed by atoms with E-state index in [2.05, 4.69) is 9.83 Å². The molecule has 0 spiro atoms. The summed E-state index contributed by atoms with van der Waals surface area (Å²) in [6, 6.07) is 11.4. The molecule has 1 aliphatic rings. The molecule has 4 aromatic rings. The van der Waals surface area contributed by atoms with E-state index in [0.29, 0.717) is 46.8 Å². The third-order valence-corrected chi connectivity index (χ3v) is 6.80. The van der Waals surface area contributed by atoms with Gasteiger partial charge in [0, 0.05) is 28.3 Å². The number of ether oxygens (including phenoxy) is 2. The predicted molar refractivity (Wildman–Crippen MR) is 130 cm³/mol. The molecule has 8 heteroatoms. The Labute approximate surface area is 201 Å². The molecule has 1 unspecified atom stereocenters. The van der Waals surface area contributed by atoms with Crippen LogP contribution in [0.5, 0.6) is 5.75 Å². The summed E-state index contributed by atoms with van der Waals surface area (Å²) >= 11 is 0. The number of furan rings is 1. The predicted octanol–water partition coefficient (Wildman–Crippen LogP) is 4.33. The Kier molecular flexibility index (Phi) is 5.56. The average molecular weight is 472 g/mol. The van der Waals surface area contributed by atoms with Crippen molar-refractivity contribution >= 4 is 27.9 Å². The molecule has 0 bridgehead atoms. The van der Waals surface area contributed by atoms with Crippen molar-refractivity contribution in [3.05, 3.63) is 80.8 Å². The van der Waals surface area contributed by atoms with Crippen molar-refractivity contribution in [1.82, 2.24) is 9.55 Å². The first-order valence-electron chi connectivity index (χ1n) is 11.5. The number of para-hydroxylation sites is 1. The molecule has 0 radical (unpaired) electrons. The van der Waals surface area contributed by atoms with E-state index in [1.54, 1.807) is 21.0 Å². The van der Waals surface area contributed by atoms with Crippen LogP contribution in [0.2, 0.25) is 0 Å². The summed E-state index contributed by atoms with van der Waals surface area (Å²) in [5, 5.41) is 1.72. The molecule has 0 fully saturated rings. The summed E-state index contributed by atoms with van der Waals surface area (Å²) in [6.07, 6.45) is 1.19. The van der Waals surface area contributed by atoms with Crippen LogP contribution >= 0.6 is 0 Å². The molecule has 2 aromatic heterocycles. The number of hydrogen-bond acceptors (Lipinski definition) is 6. The van der Waals surface area contributed by atoms with Crippen LogP contribution in [0.1, 0.15) is 36.0 Å². The molecule has 35 heavy (non-hydrogen) atoms. The third-order valence-electron chi connectivity index (χ3n) is 6.80. The fraction of sp³-hybridized carbons (Fsp3) is 0.333. The Hall–Kier alpha value is -4.12. The van der Waals surface area contributed by atoms with Crippen molar-refractivity contribution in [2.45, 2.75) is 45.2 Å². The van der Waals surface area contributed by atoms with Crippen LogP contribution in [-0.2, 0) is 34.5 Å². The van der Waals surface area contributed by atoms with Gasteiger partial charge >= 0.3 is 5.97 Å². The molecular formula is C27H25N3O5. The monoisotopic (exact) mass is 471 g/mol. The summed E-state index contributed by atoms with van der Waals surface area (Å²) < 4.78 is 18.1. The van der Waals surface area contributed by atoms with E-state index in [1.807, 2.05) is 36.4 Å². The van der Waals surface area contributed by atoms with Crippen LogP contribution in [0, 0.1) is 13.5 Å². The molecule has 1 atom stereocenters. The minimum Gasteiger partial charge on any atom is -0.493 e. The van der Waals surface area contributed by atoms with Gasteiger partial charge in [-0.1, -0.05) is 18.2 Å². The van der Waals surface area contributed by atoms with Crippen LogP contribution in [0.4, 0.5) is 0 Å². The lowest BCUT2D eigenvalue weighted by Crippen LogP contribution is -2.39. The minimum atomic E-state index is -0.984. The van der Waals surface area contributed by atoms with Crippen molar-refractivity contribution in [3.8, 4) is 5.75 Å². The van der Waals surface area contributed by atoms with Gasteiger partial charge in [-0.05, 0) is 38.5 Å². The number of esters is 1. The van der Waals surface area contributed by atoms with E-state index in [1.165, 1.54) is 4.57 Å². The molecule has 0 N–H and O–H groups in total. The molecule has 0 saturated carbocycles. The number of aryl methyl sites for hydroxylation is 2. The van der Waals surface area contributed by atoms with Gasteiger partial charge in [0.1, 0.15) is 18.0 Å². The van der Waals surface area contributed by atoms with Crippen molar-refractivity contribution in [1.29, 1.82) is 0 Å². The fourth-order valence-electron chi connectivity index (χ4n) is 5.11. The number of carbonyl (C=O) groups is 1. The van der Waals surface area contributed by atoms with Crippen LogP contribution in [0.3, 0.4) is 0 Å². The van der Waals surface area contributed by atoms with E-state index in [0.717, 1.165) is 16.3 Å². The lowest BCUT2D eigenvalue weighted by atomic mass is 9.74. The van der Waals surface area contributed by atoms with E-state index >= 15 is 0 Å². The largest absolute Gasteiger partial charge is 0.493 e. The number of carbonyl (C=O) groups excluding carboxylic acids is 1. The first kappa shape index (κ1) is 22.7. The number of rotatable bonds is 5. The second-order valence-corrected chi connectivity index (χ2v) is 8.72. The number of methoxy groups -OCH3 is 1. The maximum Gasteiger partial charge on any atom is 0.326 e. The zero-order valence-electron chi connectivity index (χ0n) is 19.9. The molecule has 0 saturated heterocycles. The lowest BCUT2D eigenvalue weighted by molar-refractivity contribution is -0.143. The number of nitrogens with zero attached hydrogens (tertiary/aromatic N) is 3. The first-order valence-corrected chi connectivity index (χ1v) is 11.5. The zero-order valence-corrected chi connectivity index (χ0v) is 19.9. The molecule has 8 nitrogen and oxygen atoms in total. The third kappa shape index (κ3) is 3.55. The molecule has 5 rings (SSSR count). The van der Waals surface area contributed by atoms with Gasteiger partial charge in [-0.25, -0.2) is 11.6 Å². The molecule has 2 aromatic carbocycles. The summed E-state index contributed by atoms with van der Waals surface area (Å²) in [5.41, 5.74) is 1.97. The van der Waals surface area contributed by atoms with Gasteiger partial charge in [0.25, 0.3) is 11.1 Å². The molecule has 178 valence electrons. The number of fused-ring (bicyclic) bond motifs is 4. The lowest BCUT2D eigenvalue weighted by Gasteiger charge is -2.29. The van der Waals surface area contributed by atoms with Gasteiger partial charge < -0.3 is 18.7 Å². The van der Waals surface area contributed by atoms with Crippen LogP contribution in [-0.4, -0.2) is 29.2 Å². The average Bonchev–Trinajstić information content (AvgIpc) is 3.26. The number of hydrogen-bond donors (Lipinski definition) is 0. The first-order chi connectivity index (χ1) is 16.9. The fourth-order valence-corrected chi connectivity index (χ4v) is 5.11. The van der Waals surface area contributed by atoms with Gasteiger partial charge in [0.05, 0.1) is 25.8 Å². The summed E-state index contributed by atoms with van der Waals surface area (Å²) in [4.78, 5) is 34.4. The maximum atomic E-state index is 13.5. The summed E-state index contributed by atoms with van der Waals surface area (Å²) in [7, 11) is 1.59. The second-order valence-electron chi connectivity index (χ2n) is 8.72. The molecular weight excluding hydrogens is 446 g/mol. The topological polar surface area (TPSA) is 87.9 Å². The Morgan fingerprint density at radius 3 is 2.83 bits per heavy atom. The van der Waals surface area contributed by atoms with Gasteiger partial charge in [-0.15, -0.1) is 0 Å². The normalized spacial score (nSPS) is 17.2. The van der Waals surface area contributed by atoms with E-state index in [9.17, 15) is 9.59 Å². The number of aromatic nitrogens is 2. The number of benzene rings is 2. The quantitative estimate of drug-likeness (QED) is 0.318. The standard InChI is InChI=1S/C27H25N3O5/c1-5-34-23(31)15-30-16(2)29-20-12-13-27(28-3,14-18(20)26(30)32)19-10-11-22(33-4)25-24(19)17-8-6-7-9-21(17)35-25/h6-11H,5,12-15H2,1-2,4H3. The minimum absolute atomic E-state index is 0.196. The van der Waals surface area contributed by atoms with Crippen molar-refractivity contribution in [3.63, 3.8) is 0 Å². The van der Waals surface area contributed by atoms with Gasteiger partial charge in [0.15, 0.2) is 11.3 Å². The smallest absolute Gasteiger partial charge is 0.326 e. The van der Waals surface area contributed by atoms with Crippen LogP contribution in [0.25, 0.3) is 26.8 Å². The van der Waals surface area contributed by atoms with Crippen molar-refractivity contribution in [2.24, 2.45) is 0 Å². The highest BCUT2D eigenvalue weighted by atomic mass is 16.5. The van der Waals surface area contributed by atoms with Crippen molar-refractivity contribution in [2.75, 3.05) is 13.7 Å².